The second kappa shape index (κ2) is 8.67. The first kappa shape index (κ1) is 19.6. The Morgan fingerprint density at radius 2 is 1.67 bits per heavy atom. The highest BCUT2D eigenvalue weighted by atomic mass is 32.2. The number of sulfone groups is 1. The molecule has 0 radical (unpaired) electrons. The second-order valence-corrected chi connectivity index (χ2v) is 9.36. The Kier molecular flexibility index (Phi) is 6.29. The second-order valence-electron chi connectivity index (χ2n) is 7.38. The molecule has 0 saturated carbocycles. The minimum absolute atomic E-state index is 0.136. The molecule has 2 aromatic rings. The highest BCUT2D eigenvalue weighted by molar-refractivity contribution is 7.90. The number of hydrogen-bond donors (Lipinski definition) is 2. The Morgan fingerprint density at radius 3 is 2.33 bits per heavy atom. The van der Waals surface area contributed by atoms with Gasteiger partial charge in [0.2, 0.25) is 0 Å². The predicted molar refractivity (Wildman–Crippen MR) is 107 cm³/mol. The summed E-state index contributed by atoms with van der Waals surface area (Å²) in [5, 5.41) is 2.78. The molecule has 1 saturated heterocycles. The lowest BCUT2D eigenvalue weighted by molar-refractivity contribution is -0.898. The van der Waals surface area contributed by atoms with Crippen LogP contribution in [0.5, 0.6) is 0 Å². The van der Waals surface area contributed by atoms with E-state index in [4.69, 9.17) is 0 Å². The van der Waals surface area contributed by atoms with Crippen molar-refractivity contribution in [2.45, 2.75) is 24.2 Å². The molecule has 1 aliphatic rings. The molecule has 2 aromatic carbocycles. The maximum Gasteiger partial charge on any atom is 0.279 e. The van der Waals surface area contributed by atoms with Crippen LogP contribution in [0.15, 0.2) is 59.5 Å². The van der Waals surface area contributed by atoms with Crippen LogP contribution < -0.4 is 10.2 Å². The number of rotatable bonds is 6. The fraction of sp³-hybridized carbons (Fsp3) is 0.381. The van der Waals surface area contributed by atoms with Crippen molar-refractivity contribution in [1.82, 2.24) is 0 Å². The van der Waals surface area contributed by atoms with Crippen LogP contribution in [0.25, 0.3) is 0 Å². The maximum atomic E-state index is 12.4. The van der Waals surface area contributed by atoms with E-state index >= 15 is 0 Å². The molecular weight excluding hydrogens is 360 g/mol. The largest absolute Gasteiger partial charge is 0.327 e. The van der Waals surface area contributed by atoms with Crippen molar-refractivity contribution >= 4 is 21.4 Å². The van der Waals surface area contributed by atoms with E-state index in [1.807, 2.05) is 6.07 Å². The fourth-order valence-corrected chi connectivity index (χ4v) is 4.57. The van der Waals surface area contributed by atoms with Crippen molar-refractivity contribution in [3.63, 3.8) is 0 Å². The minimum Gasteiger partial charge on any atom is -0.327 e. The van der Waals surface area contributed by atoms with E-state index in [2.05, 4.69) is 29.6 Å². The number of anilines is 1. The van der Waals surface area contributed by atoms with Crippen LogP contribution in [0.3, 0.4) is 0 Å². The molecule has 1 fully saturated rings. The zero-order chi connectivity index (χ0) is 19.3. The topological polar surface area (TPSA) is 67.7 Å². The summed E-state index contributed by atoms with van der Waals surface area (Å²) < 4.78 is 23.7. The van der Waals surface area contributed by atoms with Gasteiger partial charge in [0, 0.05) is 6.26 Å². The van der Waals surface area contributed by atoms with Crippen LogP contribution in [0.1, 0.15) is 18.4 Å². The van der Waals surface area contributed by atoms with E-state index in [-0.39, 0.29) is 10.8 Å². The summed E-state index contributed by atoms with van der Waals surface area (Å²) in [4.78, 5) is 13.8. The van der Waals surface area contributed by atoms with Gasteiger partial charge in [0.25, 0.3) is 5.91 Å². The van der Waals surface area contributed by atoms with Gasteiger partial charge in [-0.15, -0.1) is 0 Å². The summed E-state index contributed by atoms with van der Waals surface area (Å²) in [6.07, 6.45) is 4.47. The number of piperidine rings is 1. The lowest BCUT2D eigenvalue weighted by atomic mass is 9.90. The molecule has 1 heterocycles. The number of amides is 1. The van der Waals surface area contributed by atoms with E-state index in [9.17, 15) is 13.2 Å². The molecule has 6 heteroatoms. The van der Waals surface area contributed by atoms with Gasteiger partial charge in [-0.05, 0) is 42.9 Å². The van der Waals surface area contributed by atoms with Gasteiger partial charge in [-0.1, -0.05) is 42.5 Å². The summed E-state index contributed by atoms with van der Waals surface area (Å²) in [5.74, 6) is 0.535. The molecule has 0 unspecified atom stereocenters. The SMILES string of the molecule is CS(=O)(=O)c1ccccc1NC(=O)C[NH+]1CCC(Cc2ccccc2)CC1. The number of hydrogen-bond acceptors (Lipinski definition) is 3. The van der Waals surface area contributed by atoms with Crippen LogP contribution in [0, 0.1) is 5.92 Å². The third-order valence-corrected chi connectivity index (χ3v) is 6.31. The molecule has 0 aliphatic carbocycles. The number of carbonyl (C=O) groups is 1. The number of nitrogens with one attached hydrogen (secondary N) is 2. The van der Waals surface area contributed by atoms with Gasteiger partial charge < -0.3 is 10.2 Å². The molecule has 0 aromatic heterocycles. The molecule has 27 heavy (non-hydrogen) atoms. The normalized spacial score (nSPS) is 20.2. The number of carbonyl (C=O) groups excluding carboxylic acids is 1. The van der Waals surface area contributed by atoms with Gasteiger partial charge in [0.15, 0.2) is 16.4 Å². The Labute approximate surface area is 161 Å². The van der Waals surface area contributed by atoms with Gasteiger partial charge in [-0.25, -0.2) is 8.42 Å². The number of para-hydroxylation sites is 1. The molecule has 144 valence electrons. The Balaban J connectivity index is 1.50. The molecule has 0 spiro atoms. The average molecular weight is 388 g/mol. The Bertz CT molecular complexity index is 873. The van der Waals surface area contributed by atoms with Crippen molar-refractivity contribution in [2.24, 2.45) is 5.92 Å². The zero-order valence-corrected chi connectivity index (χ0v) is 16.5. The van der Waals surface area contributed by atoms with Crippen LogP contribution >= 0.6 is 0 Å². The van der Waals surface area contributed by atoms with Crippen LogP contribution in [-0.4, -0.2) is 40.2 Å². The molecule has 1 amide bonds. The summed E-state index contributed by atoms with van der Waals surface area (Å²) >= 11 is 0. The number of quaternary nitrogens is 1. The van der Waals surface area contributed by atoms with Crippen molar-refractivity contribution in [2.75, 3.05) is 31.2 Å². The average Bonchev–Trinajstić information content (AvgIpc) is 2.64. The van der Waals surface area contributed by atoms with Gasteiger partial charge in [-0.2, -0.15) is 0 Å². The van der Waals surface area contributed by atoms with Gasteiger partial charge in [0.05, 0.1) is 23.7 Å². The quantitative estimate of drug-likeness (QED) is 0.791. The van der Waals surface area contributed by atoms with Gasteiger partial charge in [-0.3, -0.25) is 4.79 Å². The van der Waals surface area contributed by atoms with E-state index in [1.54, 1.807) is 18.2 Å². The lowest BCUT2D eigenvalue weighted by Crippen LogP contribution is -3.14. The van der Waals surface area contributed by atoms with E-state index in [0.717, 1.165) is 38.6 Å². The zero-order valence-electron chi connectivity index (χ0n) is 15.6. The van der Waals surface area contributed by atoms with Crippen molar-refractivity contribution in [3.8, 4) is 0 Å². The van der Waals surface area contributed by atoms with Crippen molar-refractivity contribution in [1.29, 1.82) is 0 Å². The summed E-state index contributed by atoms with van der Waals surface area (Å²) in [5.41, 5.74) is 1.74. The van der Waals surface area contributed by atoms with E-state index in [0.29, 0.717) is 18.2 Å². The lowest BCUT2D eigenvalue weighted by Gasteiger charge is -2.29. The highest BCUT2D eigenvalue weighted by Crippen LogP contribution is 2.20. The smallest absolute Gasteiger partial charge is 0.279 e. The molecule has 0 atom stereocenters. The third kappa shape index (κ3) is 5.65. The van der Waals surface area contributed by atoms with Gasteiger partial charge >= 0.3 is 0 Å². The Hall–Kier alpha value is -2.18. The summed E-state index contributed by atoms with van der Waals surface area (Å²) in [7, 11) is -3.37. The Morgan fingerprint density at radius 1 is 1.04 bits per heavy atom. The molecule has 0 bridgehead atoms. The standard InChI is InChI=1S/C21H26N2O3S/c1-27(25,26)20-10-6-5-9-19(20)22-21(24)16-23-13-11-18(12-14-23)15-17-7-3-2-4-8-17/h2-10,18H,11-16H2,1H3,(H,22,24)/p+1. The molecule has 1 aliphatic heterocycles. The van der Waals surface area contributed by atoms with Crippen LogP contribution in [0.4, 0.5) is 5.69 Å². The summed E-state index contributed by atoms with van der Waals surface area (Å²) in [6.45, 7) is 2.31. The predicted octanol–water partition coefficient (Wildman–Crippen LogP) is 1.57. The maximum absolute atomic E-state index is 12.4. The van der Waals surface area contributed by atoms with Gasteiger partial charge in [0.1, 0.15) is 0 Å². The van der Waals surface area contributed by atoms with Crippen LogP contribution in [0.2, 0.25) is 0 Å². The molecule has 5 nitrogen and oxygen atoms in total. The minimum atomic E-state index is -3.37. The van der Waals surface area contributed by atoms with E-state index in [1.165, 1.54) is 16.5 Å². The number of likely N-dealkylation sites (tertiary alicyclic amines) is 1. The number of benzene rings is 2. The fourth-order valence-electron chi connectivity index (χ4n) is 3.73. The summed E-state index contributed by atoms with van der Waals surface area (Å²) in [6, 6.07) is 17.1. The molecule has 3 rings (SSSR count). The first-order chi connectivity index (χ1) is 12.9. The molecular formula is C21H27N2O3S+. The highest BCUT2D eigenvalue weighted by Gasteiger charge is 2.24. The van der Waals surface area contributed by atoms with E-state index < -0.39 is 9.84 Å². The van der Waals surface area contributed by atoms with Crippen LogP contribution in [-0.2, 0) is 21.1 Å². The monoisotopic (exact) mass is 387 g/mol. The first-order valence-corrected chi connectivity index (χ1v) is 11.3. The van der Waals surface area contributed by atoms with Crippen molar-refractivity contribution in [3.05, 3.63) is 60.2 Å². The first-order valence-electron chi connectivity index (χ1n) is 9.38. The van der Waals surface area contributed by atoms with Crippen molar-refractivity contribution < 1.29 is 18.1 Å². The molecule has 2 N–H and O–H groups in total. The third-order valence-electron chi connectivity index (χ3n) is 5.15.